The molecular weight excluding hydrogens is 380 g/mol. The highest BCUT2D eigenvalue weighted by molar-refractivity contribution is 7.00. The van der Waals surface area contributed by atoms with E-state index in [-0.39, 0.29) is 10.8 Å². The van der Waals surface area contributed by atoms with Crippen LogP contribution >= 0.6 is 11.7 Å². The maximum atomic E-state index is 6.26. The van der Waals surface area contributed by atoms with Gasteiger partial charge in [-0.3, -0.25) is 0 Å². The molecule has 0 saturated carbocycles. The molecule has 4 rings (SSSR count). The van der Waals surface area contributed by atoms with Crippen LogP contribution in [0.4, 0.5) is 0 Å². The van der Waals surface area contributed by atoms with E-state index in [0.29, 0.717) is 0 Å². The van der Waals surface area contributed by atoms with Gasteiger partial charge in [0.2, 0.25) is 0 Å². The smallest absolute Gasteiger partial charge is 0.136 e. The van der Waals surface area contributed by atoms with Crippen molar-refractivity contribution >= 4 is 22.8 Å². The molecule has 0 aliphatic carbocycles. The Bertz CT molecular complexity index is 1100. The largest absolute Gasteiger partial charge is 0.460 e. The first kappa shape index (κ1) is 19.9. The molecule has 0 fully saturated rings. The Balaban J connectivity index is 1.94. The lowest BCUT2D eigenvalue weighted by Gasteiger charge is -2.16. The van der Waals surface area contributed by atoms with Gasteiger partial charge in [0, 0.05) is 22.0 Å². The number of rotatable bonds is 2. The standard InChI is InChI=1S/C24H28N2O2S/c1-13-14(2)20(16-10-12-18(28-16)24(6,7)8)22-21(25-29-26-22)19(13)15-9-11-17(27-15)23(3,4)5/h9-12H,1-8H3. The van der Waals surface area contributed by atoms with Crippen LogP contribution in [0.1, 0.15) is 64.2 Å². The number of benzene rings is 1. The SMILES string of the molecule is Cc1c(C)c(-c2ccc(C(C)(C)C)o2)c2nsnc2c1-c1ccc(C(C)(C)C)o1. The van der Waals surface area contributed by atoms with Crippen molar-refractivity contribution in [3.05, 3.63) is 46.9 Å². The average molecular weight is 409 g/mol. The molecule has 3 aromatic heterocycles. The molecule has 0 radical (unpaired) electrons. The van der Waals surface area contributed by atoms with Crippen molar-refractivity contribution in [1.82, 2.24) is 8.75 Å². The monoisotopic (exact) mass is 408 g/mol. The first-order valence-corrected chi connectivity index (χ1v) is 10.7. The quantitative estimate of drug-likeness (QED) is 0.346. The lowest BCUT2D eigenvalue weighted by Crippen LogP contribution is -2.09. The minimum Gasteiger partial charge on any atom is -0.460 e. The third kappa shape index (κ3) is 3.31. The van der Waals surface area contributed by atoms with Gasteiger partial charge in [0.25, 0.3) is 0 Å². The van der Waals surface area contributed by atoms with Gasteiger partial charge >= 0.3 is 0 Å². The zero-order valence-corrected chi connectivity index (χ0v) is 19.2. The molecule has 152 valence electrons. The van der Waals surface area contributed by atoms with Gasteiger partial charge in [-0.25, -0.2) is 0 Å². The van der Waals surface area contributed by atoms with Crippen LogP contribution in [-0.4, -0.2) is 8.75 Å². The fourth-order valence-corrected chi connectivity index (χ4v) is 4.16. The summed E-state index contributed by atoms with van der Waals surface area (Å²) in [6.45, 7) is 17.2. The van der Waals surface area contributed by atoms with Crippen molar-refractivity contribution in [2.24, 2.45) is 0 Å². The van der Waals surface area contributed by atoms with Gasteiger partial charge in [0.15, 0.2) is 0 Å². The van der Waals surface area contributed by atoms with E-state index in [1.807, 2.05) is 12.1 Å². The molecule has 5 heteroatoms. The fourth-order valence-electron chi connectivity index (χ4n) is 3.60. The molecule has 3 heterocycles. The summed E-state index contributed by atoms with van der Waals surface area (Å²) < 4.78 is 21.8. The number of hydrogen-bond acceptors (Lipinski definition) is 5. The van der Waals surface area contributed by atoms with E-state index in [1.165, 1.54) is 11.7 Å². The Morgan fingerprint density at radius 2 is 1.03 bits per heavy atom. The molecule has 0 aliphatic heterocycles. The maximum absolute atomic E-state index is 6.26. The highest BCUT2D eigenvalue weighted by atomic mass is 32.1. The van der Waals surface area contributed by atoms with Crippen molar-refractivity contribution in [2.45, 2.75) is 66.2 Å². The van der Waals surface area contributed by atoms with Crippen LogP contribution in [0.5, 0.6) is 0 Å². The Hall–Kier alpha value is -2.40. The normalized spacial score (nSPS) is 12.8. The van der Waals surface area contributed by atoms with Crippen molar-refractivity contribution in [3.8, 4) is 22.6 Å². The van der Waals surface area contributed by atoms with Gasteiger partial charge in [0.05, 0.1) is 11.7 Å². The highest BCUT2D eigenvalue weighted by Crippen LogP contribution is 2.42. The van der Waals surface area contributed by atoms with E-state index in [1.54, 1.807) is 0 Å². The van der Waals surface area contributed by atoms with Crippen molar-refractivity contribution in [2.75, 3.05) is 0 Å². The molecule has 1 aromatic carbocycles. The molecule has 0 bridgehead atoms. The molecule has 4 aromatic rings. The van der Waals surface area contributed by atoms with Crippen LogP contribution in [-0.2, 0) is 10.8 Å². The summed E-state index contributed by atoms with van der Waals surface area (Å²) in [7, 11) is 0. The predicted octanol–water partition coefficient (Wildman–Crippen LogP) is 7.42. The highest BCUT2D eigenvalue weighted by Gasteiger charge is 2.26. The van der Waals surface area contributed by atoms with E-state index in [2.05, 4.69) is 76.3 Å². The Kier molecular flexibility index (Phi) is 4.50. The van der Waals surface area contributed by atoms with E-state index in [4.69, 9.17) is 8.83 Å². The van der Waals surface area contributed by atoms with E-state index >= 15 is 0 Å². The van der Waals surface area contributed by atoms with Gasteiger partial charge in [-0.05, 0) is 49.2 Å². The molecule has 29 heavy (non-hydrogen) atoms. The molecule has 0 spiro atoms. The summed E-state index contributed by atoms with van der Waals surface area (Å²) in [5.41, 5.74) is 5.98. The fraction of sp³-hybridized carbons (Fsp3) is 0.417. The summed E-state index contributed by atoms with van der Waals surface area (Å²) in [4.78, 5) is 0. The van der Waals surface area contributed by atoms with Gasteiger partial charge in [0.1, 0.15) is 34.1 Å². The van der Waals surface area contributed by atoms with Crippen LogP contribution in [0.2, 0.25) is 0 Å². The molecule has 0 atom stereocenters. The van der Waals surface area contributed by atoms with Crippen LogP contribution < -0.4 is 0 Å². The first-order valence-electron chi connectivity index (χ1n) is 9.95. The lowest BCUT2D eigenvalue weighted by molar-refractivity contribution is 0.416. The summed E-state index contributed by atoms with van der Waals surface area (Å²) in [5.74, 6) is 3.61. The summed E-state index contributed by atoms with van der Waals surface area (Å²) >= 11 is 1.23. The number of furan rings is 2. The number of aromatic nitrogens is 2. The van der Waals surface area contributed by atoms with Gasteiger partial charge < -0.3 is 8.83 Å². The molecule has 0 unspecified atom stereocenters. The summed E-state index contributed by atoms with van der Waals surface area (Å²) in [5, 5.41) is 0. The third-order valence-corrected chi connectivity index (χ3v) is 5.99. The molecule has 0 saturated heterocycles. The first-order chi connectivity index (χ1) is 13.5. The lowest BCUT2D eigenvalue weighted by atomic mass is 9.93. The van der Waals surface area contributed by atoms with Crippen molar-refractivity contribution in [1.29, 1.82) is 0 Å². The molecule has 0 amide bonds. The van der Waals surface area contributed by atoms with Crippen molar-refractivity contribution < 1.29 is 8.83 Å². The second-order valence-electron chi connectivity index (χ2n) is 9.79. The molecule has 0 aliphatic rings. The van der Waals surface area contributed by atoms with E-state index in [9.17, 15) is 0 Å². The second-order valence-corrected chi connectivity index (χ2v) is 10.3. The number of fused-ring (bicyclic) bond motifs is 1. The number of hydrogen-bond donors (Lipinski definition) is 0. The third-order valence-electron chi connectivity index (χ3n) is 5.46. The summed E-state index contributed by atoms with van der Waals surface area (Å²) in [6.07, 6.45) is 0. The molecule has 0 N–H and O–H groups in total. The predicted molar refractivity (Wildman–Crippen MR) is 120 cm³/mol. The summed E-state index contributed by atoms with van der Waals surface area (Å²) in [6, 6.07) is 8.22. The number of nitrogens with zero attached hydrogens (tertiary/aromatic N) is 2. The average Bonchev–Trinajstić information content (AvgIpc) is 3.34. The van der Waals surface area contributed by atoms with Crippen molar-refractivity contribution in [3.63, 3.8) is 0 Å². The Labute approximate surface area is 176 Å². The van der Waals surface area contributed by atoms with Gasteiger partial charge in [-0.15, -0.1) is 0 Å². The minimum atomic E-state index is -0.0435. The Morgan fingerprint density at radius 3 is 1.34 bits per heavy atom. The Morgan fingerprint density at radius 1 is 0.655 bits per heavy atom. The second kappa shape index (κ2) is 6.56. The van der Waals surface area contributed by atoms with Gasteiger partial charge in [-0.1, -0.05) is 41.5 Å². The zero-order chi connectivity index (χ0) is 21.1. The van der Waals surface area contributed by atoms with Gasteiger partial charge in [-0.2, -0.15) is 8.75 Å². The van der Waals surface area contributed by atoms with Crippen LogP contribution in [0.3, 0.4) is 0 Å². The van der Waals surface area contributed by atoms with E-state index < -0.39 is 0 Å². The van der Waals surface area contributed by atoms with Crippen LogP contribution in [0, 0.1) is 13.8 Å². The topological polar surface area (TPSA) is 52.1 Å². The molecular formula is C24H28N2O2S. The van der Waals surface area contributed by atoms with E-state index in [0.717, 1.165) is 56.3 Å². The maximum Gasteiger partial charge on any atom is 0.136 e. The van der Waals surface area contributed by atoms with Crippen LogP contribution in [0.15, 0.2) is 33.1 Å². The zero-order valence-electron chi connectivity index (χ0n) is 18.4. The molecule has 4 nitrogen and oxygen atoms in total. The minimum absolute atomic E-state index is 0.0435. The van der Waals surface area contributed by atoms with Crippen LogP contribution in [0.25, 0.3) is 33.7 Å².